The number of aliphatic hydroxyl groups excluding tert-OH is 1. The first-order chi connectivity index (χ1) is 22.9. The summed E-state index contributed by atoms with van der Waals surface area (Å²) in [5.41, 5.74) is 1.97. The number of nitrogens with zero attached hydrogens (tertiary/aromatic N) is 1. The number of piperidine rings is 1. The number of nitrogens with one attached hydrogen (secondary N) is 3. The number of halogens is 2. The molecular weight excluding hydrogens is 667 g/mol. The Bertz CT molecular complexity index is 1740. The number of aliphatic hydroxyl groups is 1. The fourth-order valence-corrected chi connectivity index (χ4v) is 8.24. The Labute approximate surface area is 280 Å². The number of rotatable bonds is 15. The van der Waals surface area contributed by atoms with Gasteiger partial charge in [-0.1, -0.05) is 42.5 Å². The van der Waals surface area contributed by atoms with Crippen LogP contribution in [0.1, 0.15) is 24.8 Å². The first kappa shape index (κ1) is 36.3. The molecule has 0 amide bonds. The van der Waals surface area contributed by atoms with E-state index >= 15 is 0 Å². The van der Waals surface area contributed by atoms with Crippen molar-refractivity contribution < 1.29 is 40.2 Å². The maximum atomic E-state index is 13.6. The lowest BCUT2D eigenvalue weighted by Crippen LogP contribution is -2.47. The summed E-state index contributed by atoms with van der Waals surface area (Å²) in [6, 6.07) is 20.2. The molecule has 0 aliphatic carbocycles. The molecule has 0 radical (unpaired) electrons. The third-order valence-corrected chi connectivity index (χ3v) is 12.0. The number of alkyl halides is 2. The molecule has 1 unspecified atom stereocenters. The number of hydrogen-bond donors (Lipinski definition) is 4. The Morgan fingerprint density at radius 2 is 1.67 bits per heavy atom. The topological polar surface area (TPSA) is 146 Å². The zero-order valence-electron chi connectivity index (χ0n) is 26.6. The highest BCUT2D eigenvalue weighted by molar-refractivity contribution is 7.89. The van der Waals surface area contributed by atoms with Crippen LogP contribution in [-0.2, 0) is 31.3 Å². The summed E-state index contributed by atoms with van der Waals surface area (Å²) in [7, 11) is -6.03. The predicted molar refractivity (Wildman–Crippen MR) is 177 cm³/mol. The molecule has 15 heteroatoms. The minimum Gasteiger partial charge on any atom is -0.491 e. The third kappa shape index (κ3) is 9.15. The summed E-state index contributed by atoms with van der Waals surface area (Å²) in [5.74, 6) is 0.329. The summed E-state index contributed by atoms with van der Waals surface area (Å²) >= 11 is 0. The zero-order chi connectivity index (χ0) is 34.4. The molecule has 2 aliphatic rings. The van der Waals surface area contributed by atoms with Crippen LogP contribution in [0.2, 0.25) is 0 Å². The van der Waals surface area contributed by atoms with Gasteiger partial charge in [0.25, 0.3) is 6.43 Å². The Morgan fingerprint density at radius 3 is 2.38 bits per heavy atom. The van der Waals surface area contributed by atoms with Gasteiger partial charge in [0.1, 0.15) is 18.5 Å². The van der Waals surface area contributed by atoms with E-state index in [0.717, 1.165) is 16.7 Å². The van der Waals surface area contributed by atoms with Gasteiger partial charge < -0.3 is 25.2 Å². The molecule has 4 N–H and O–H groups in total. The number of sulfonamides is 2. The highest BCUT2D eigenvalue weighted by Crippen LogP contribution is 2.37. The molecular formula is C33H42F2N4O7S2. The van der Waals surface area contributed by atoms with E-state index in [1.807, 2.05) is 30.3 Å². The Morgan fingerprint density at radius 1 is 0.958 bits per heavy atom. The number of benzene rings is 3. The largest absolute Gasteiger partial charge is 0.491 e. The molecule has 0 bridgehead atoms. The Balaban J connectivity index is 1.09. The molecule has 48 heavy (non-hydrogen) atoms. The quantitative estimate of drug-likeness (QED) is 0.187. The van der Waals surface area contributed by atoms with Crippen LogP contribution < -0.4 is 20.1 Å². The number of ether oxygens (including phenoxy) is 2. The van der Waals surface area contributed by atoms with Gasteiger partial charge in [0, 0.05) is 38.3 Å². The average molecular weight is 709 g/mol. The van der Waals surface area contributed by atoms with Crippen LogP contribution in [0.5, 0.6) is 5.75 Å². The van der Waals surface area contributed by atoms with Crippen molar-refractivity contribution in [3.63, 3.8) is 0 Å². The van der Waals surface area contributed by atoms with Gasteiger partial charge in [0.15, 0.2) is 0 Å². The van der Waals surface area contributed by atoms with Gasteiger partial charge in [-0.05, 0) is 67.3 Å². The van der Waals surface area contributed by atoms with Crippen LogP contribution in [0, 0.1) is 0 Å². The first-order valence-corrected chi connectivity index (χ1v) is 18.7. The summed E-state index contributed by atoms with van der Waals surface area (Å²) < 4.78 is 91.6. The van der Waals surface area contributed by atoms with Gasteiger partial charge in [-0.2, -0.15) is 4.31 Å². The minimum absolute atomic E-state index is 0.0185. The summed E-state index contributed by atoms with van der Waals surface area (Å²) in [6.07, 6.45) is -1.49. The molecule has 0 aromatic heterocycles. The van der Waals surface area contributed by atoms with Crippen LogP contribution in [0.15, 0.2) is 82.6 Å². The lowest BCUT2D eigenvalue weighted by molar-refractivity contribution is -0.0312. The molecule has 2 heterocycles. The van der Waals surface area contributed by atoms with Crippen molar-refractivity contribution >= 4 is 20.0 Å². The molecule has 2 fully saturated rings. The molecule has 3 aromatic carbocycles. The Hall–Kier alpha value is -3.02. The Kier molecular flexibility index (Phi) is 11.8. The second-order valence-electron chi connectivity index (χ2n) is 12.1. The van der Waals surface area contributed by atoms with E-state index in [2.05, 4.69) is 15.4 Å². The van der Waals surface area contributed by atoms with E-state index in [4.69, 9.17) is 9.47 Å². The van der Waals surface area contributed by atoms with Crippen LogP contribution in [0.25, 0.3) is 11.1 Å². The SMILES string of the molecule is CNS(=O)(=O)c1cccc(OC[C@@H](O)CNC2COC3(CCN(S(=O)(=O)c4cccc(-c5ccc(CNCC(F)F)cc5)c4)CC3)C2)c1. The molecule has 262 valence electrons. The first-order valence-electron chi connectivity index (χ1n) is 15.8. The van der Waals surface area contributed by atoms with Crippen LogP contribution in [0.3, 0.4) is 0 Å². The van der Waals surface area contributed by atoms with Gasteiger partial charge in [0.05, 0.1) is 28.5 Å². The van der Waals surface area contributed by atoms with Crippen molar-refractivity contribution in [3.05, 3.63) is 78.4 Å². The monoisotopic (exact) mass is 708 g/mol. The van der Waals surface area contributed by atoms with E-state index in [-0.39, 0.29) is 35.5 Å². The second-order valence-corrected chi connectivity index (χ2v) is 15.9. The van der Waals surface area contributed by atoms with Gasteiger partial charge in [0.2, 0.25) is 20.0 Å². The highest BCUT2D eigenvalue weighted by atomic mass is 32.2. The average Bonchev–Trinajstić information content (AvgIpc) is 3.48. The fourth-order valence-electron chi connectivity index (χ4n) is 5.99. The second kappa shape index (κ2) is 15.7. The van der Waals surface area contributed by atoms with Gasteiger partial charge in [-0.15, -0.1) is 0 Å². The van der Waals surface area contributed by atoms with Crippen molar-refractivity contribution in [2.24, 2.45) is 0 Å². The molecule has 0 saturated carbocycles. The van der Waals surface area contributed by atoms with Gasteiger partial charge >= 0.3 is 0 Å². The summed E-state index contributed by atoms with van der Waals surface area (Å²) in [6.45, 7) is 1.22. The van der Waals surface area contributed by atoms with E-state index < -0.39 is 38.2 Å². The molecule has 11 nitrogen and oxygen atoms in total. The van der Waals surface area contributed by atoms with Crippen molar-refractivity contribution in [3.8, 4) is 16.9 Å². The summed E-state index contributed by atoms with van der Waals surface area (Å²) in [4.78, 5) is 0.275. The summed E-state index contributed by atoms with van der Waals surface area (Å²) in [5, 5.41) is 16.5. The molecule has 2 atom stereocenters. The lowest BCUT2D eigenvalue weighted by atomic mass is 9.88. The van der Waals surface area contributed by atoms with Gasteiger partial charge in [-0.25, -0.2) is 30.3 Å². The van der Waals surface area contributed by atoms with Crippen molar-refractivity contribution in [2.45, 2.75) is 59.8 Å². The van der Waals surface area contributed by atoms with Crippen LogP contribution in [0.4, 0.5) is 8.78 Å². The molecule has 2 saturated heterocycles. The van der Waals surface area contributed by atoms with Crippen molar-refractivity contribution in [2.75, 3.05) is 46.4 Å². The lowest BCUT2D eigenvalue weighted by Gasteiger charge is -2.38. The molecule has 5 rings (SSSR count). The maximum Gasteiger partial charge on any atom is 0.250 e. The zero-order valence-corrected chi connectivity index (χ0v) is 28.3. The van der Waals surface area contributed by atoms with E-state index in [1.165, 1.54) is 23.5 Å². The van der Waals surface area contributed by atoms with E-state index in [0.29, 0.717) is 51.3 Å². The normalized spacial score (nSPS) is 19.1. The van der Waals surface area contributed by atoms with E-state index in [9.17, 15) is 30.7 Å². The standard InChI is InChI=1S/C33H42F2N4O7S2/c1-36-47(41,42)30-6-3-5-29(17-30)45-23-28(40)20-38-27-18-33(46-22-27)12-14-39(15-13-33)48(43,44)31-7-2-4-26(16-31)25-10-8-24(9-11-25)19-37-21-32(34)35/h2-11,16-17,27-28,32,36-38,40H,12-15,18-23H2,1H3/t27?,28-/m0/s1. The predicted octanol–water partition coefficient (Wildman–Crippen LogP) is 2.96. The third-order valence-electron chi connectivity index (χ3n) is 8.70. The molecule has 2 aliphatic heterocycles. The van der Waals surface area contributed by atoms with Crippen LogP contribution in [-0.4, -0.2) is 96.9 Å². The fraction of sp³-hybridized carbons (Fsp3) is 0.455. The molecule has 3 aromatic rings. The smallest absolute Gasteiger partial charge is 0.250 e. The van der Waals surface area contributed by atoms with E-state index in [1.54, 1.807) is 30.3 Å². The van der Waals surface area contributed by atoms with Crippen molar-refractivity contribution in [1.82, 2.24) is 19.7 Å². The number of hydrogen-bond acceptors (Lipinski definition) is 9. The maximum absolute atomic E-state index is 13.6. The highest BCUT2D eigenvalue weighted by Gasteiger charge is 2.44. The molecule has 1 spiro atoms. The minimum atomic E-state index is -3.75. The van der Waals surface area contributed by atoms with Crippen LogP contribution >= 0.6 is 0 Å². The van der Waals surface area contributed by atoms with Crippen molar-refractivity contribution in [1.29, 1.82) is 0 Å². The van der Waals surface area contributed by atoms with Gasteiger partial charge in [-0.3, -0.25) is 0 Å².